The van der Waals surface area contributed by atoms with Crippen molar-refractivity contribution in [3.63, 3.8) is 0 Å². The molecule has 0 bridgehead atoms. The van der Waals surface area contributed by atoms with Crippen molar-refractivity contribution in [3.8, 4) is 0 Å². The Kier molecular flexibility index (Phi) is 4.59. The van der Waals surface area contributed by atoms with Gasteiger partial charge in [-0.3, -0.25) is 0 Å². The van der Waals surface area contributed by atoms with E-state index in [0.717, 1.165) is 44.0 Å². The van der Waals surface area contributed by atoms with E-state index >= 15 is 0 Å². The molecule has 1 aromatic heterocycles. The van der Waals surface area contributed by atoms with Crippen LogP contribution in [-0.4, -0.2) is 28.4 Å². The molecule has 0 atom stereocenters. The monoisotopic (exact) mass is 196 g/mol. The number of aryl methyl sites for hydroxylation is 2. The molecule has 0 aliphatic heterocycles. The van der Waals surface area contributed by atoms with E-state index in [1.54, 1.807) is 0 Å². The van der Waals surface area contributed by atoms with Gasteiger partial charge in [0, 0.05) is 13.0 Å². The van der Waals surface area contributed by atoms with Gasteiger partial charge >= 0.3 is 0 Å². The van der Waals surface area contributed by atoms with E-state index in [1.165, 1.54) is 0 Å². The predicted molar refractivity (Wildman–Crippen MR) is 57.3 cm³/mol. The smallest absolute Gasteiger partial charge is 0.133 e. The second-order valence-corrected chi connectivity index (χ2v) is 3.52. The fraction of sp³-hybridized carbons (Fsp3) is 0.800. The normalized spacial score (nSPS) is 10.8. The average Bonchev–Trinajstić information content (AvgIpc) is 2.51. The molecule has 0 unspecified atom stereocenters. The first-order chi connectivity index (χ1) is 6.79. The first kappa shape index (κ1) is 11.2. The molecule has 0 saturated heterocycles. The topological polar surface area (TPSA) is 42.7 Å². The number of nitrogens with zero attached hydrogens (tertiary/aromatic N) is 3. The zero-order valence-corrected chi connectivity index (χ0v) is 9.38. The third kappa shape index (κ3) is 2.80. The summed E-state index contributed by atoms with van der Waals surface area (Å²) in [5.41, 5.74) is 0. The Bertz CT molecular complexity index is 267. The number of rotatable bonds is 6. The molecule has 1 rings (SSSR count). The third-order valence-corrected chi connectivity index (χ3v) is 2.29. The number of nitrogens with one attached hydrogen (secondary N) is 1. The highest BCUT2D eigenvalue weighted by Gasteiger charge is 2.06. The highest BCUT2D eigenvalue weighted by atomic mass is 15.3. The van der Waals surface area contributed by atoms with Crippen molar-refractivity contribution < 1.29 is 0 Å². The Balaban J connectivity index is 2.56. The molecule has 4 heteroatoms. The van der Waals surface area contributed by atoms with Crippen LogP contribution in [0.2, 0.25) is 0 Å². The molecule has 0 spiro atoms. The van der Waals surface area contributed by atoms with Crippen LogP contribution < -0.4 is 5.32 Å². The van der Waals surface area contributed by atoms with Crippen LogP contribution in [0.4, 0.5) is 0 Å². The summed E-state index contributed by atoms with van der Waals surface area (Å²) in [4.78, 5) is 0. The van der Waals surface area contributed by atoms with Gasteiger partial charge in [-0.05, 0) is 33.4 Å². The van der Waals surface area contributed by atoms with Crippen LogP contribution in [0.3, 0.4) is 0 Å². The summed E-state index contributed by atoms with van der Waals surface area (Å²) < 4.78 is 2.22. The molecule has 14 heavy (non-hydrogen) atoms. The van der Waals surface area contributed by atoms with E-state index in [-0.39, 0.29) is 0 Å². The molecule has 0 amide bonds. The minimum atomic E-state index is 1.02. The van der Waals surface area contributed by atoms with Crippen molar-refractivity contribution >= 4 is 0 Å². The minimum Gasteiger partial charge on any atom is -0.320 e. The summed E-state index contributed by atoms with van der Waals surface area (Å²) in [5, 5.41) is 11.4. The molecule has 4 nitrogen and oxygen atoms in total. The van der Waals surface area contributed by atoms with Crippen molar-refractivity contribution in [1.29, 1.82) is 0 Å². The summed E-state index contributed by atoms with van der Waals surface area (Å²) in [6.07, 6.45) is 3.28. The van der Waals surface area contributed by atoms with Gasteiger partial charge in [-0.2, -0.15) is 0 Å². The fourth-order valence-corrected chi connectivity index (χ4v) is 1.55. The molecule has 0 aliphatic rings. The molecule has 0 saturated carbocycles. The van der Waals surface area contributed by atoms with Gasteiger partial charge in [-0.25, -0.2) is 0 Å². The molecule has 1 N–H and O–H groups in total. The van der Waals surface area contributed by atoms with Crippen LogP contribution in [0.25, 0.3) is 0 Å². The van der Waals surface area contributed by atoms with Crippen LogP contribution in [0.5, 0.6) is 0 Å². The average molecular weight is 196 g/mol. The maximum atomic E-state index is 4.19. The molecule has 0 radical (unpaired) electrons. The van der Waals surface area contributed by atoms with E-state index in [0.29, 0.717) is 0 Å². The lowest BCUT2D eigenvalue weighted by molar-refractivity contribution is 0.602. The van der Waals surface area contributed by atoms with Crippen molar-refractivity contribution in [2.45, 2.75) is 39.7 Å². The maximum Gasteiger partial charge on any atom is 0.133 e. The summed E-state index contributed by atoms with van der Waals surface area (Å²) in [7, 11) is 1.97. The molecule has 80 valence electrons. The Morgan fingerprint density at radius 3 is 2.79 bits per heavy atom. The van der Waals surface area contributed by atoms with Gasteiger partial charge in [0.2, 0.25) is 0 Å². The highest BCUT2D eigenvalue weighted by Crippen LogP contribution is 2.04. The Morgan fingerprint density at radius 2 is 2.14 bits per heavy atom. The summed E-state index contributed by atoms with van der Waals surface area (Å²) in [6.45, 7) is 6.27. The van der Waals surface area contributed by atoms with Crippen molar-refractivity contribution in [3.05, 3.63) is 11.6 Å². The summed E-state index contributed by atoms with van der Waals surface area (Å²) in [6, 6.07) is 0. The second-order valence-electron chi connectivity index (χ2n) is 3.52. The van der Waals surface area contributed by atoms with Crippen LogP contribution in [-0.2, 0) is 13.0 Å². The zero-order valence-electron chi connectivity index (χ0n) is 9.38. The second kappa shape index (κ2) is 5.75. The van der Waals surface area contributed by atoms with E-state index in [9.17, 15) is 0 Å². The third-order valence-electron chi connectivity index (χ3n) is 2.29. The van der Waals surface area contributed by atoms with Gasteiger partial charge in [-0.15, -0.1) is 10.2 Å². The maximum absolute atomic E-state index is 4.19. The van der Waals surface area contributed by atoms with Crippen molar-refractivity contribution in [2.75, 3.05) is 13.6 Å². The lowest BCUT2D eigenvalue weighted by atomic mass is 10.3. The number of hydrogen-bond acceptors (Lipinski definition) is 3. The van der Waals surface area contributed by atoms with Gasteiger partial charge in [0.05, 0.1) is 0 Å². The fourth-order valence-electron chi connectivity index (χ4n) is 1.55. The molecule has 1 heterocycles. The zero-order chi connectivity index (χ0) is 10.4. The molecule has 0 aliphatic carbocycles. The number of hydrogen-bond donors (Lipinski definition) is 1. The molecular weight excluding hydrogens is 176 g/mol. The van der Waals surface area contributed by atoms with Crippen LogP contribution in [0.15, 0.2) is 0 Å². The van der Waals surface area contributed by atoms with E-state index < -0.39 is 0 Å². The van der Waals surface area contributed by atoms with Crippen molar-refractivity contribution in [1.82, 2.24) is 20.1 Å². The van der Waals surface area contributed by atoms with Gasteiger partial charge in [-0.1, -0.05) is 6.92 Å². The van der Waals surface area contributed by atoms with Crippen molar-refractivity contribution in [2.24, 2.45) is 0 Å². The first-order valence-electron chi connectivity index (χ1n) is 5.32. The van der Waals surface area contributed by atoms with E-state index in [4.69, 9.17) is 0 Å². The van der Waals surface area contributed by atoms with Gasteiger partial charge in [0.25, 0.3) is 0 Å². The lowest BCUT2D eigenvalue weighted by Gasteiger charge is -2.06. The molecule has 0 aromatic carbocycles. The van der Waals surface area contributed by atoms with Gasteiger partial charge in [0.1, 0.15) is 11.6 Å². The van der Waals surface area contributed by atoms with Crippen LogP contribution >= 0.6 is 0 Å². The Morgan fingerprint density at radius 1 is 1.36 bits per heavy atom. The summed E-state index contributed by atoms with van der Waals surface area (Å²) in [5.74, 6) is 2.16. The SMILES string of the molecule is CCCn1c(C)nnc1CCCNC. The van der Waals surface area contributed by atoms with Gasteiger partial charge < -0.3 is 9.88 Å². The quantitative estimate of drug-likeness (QED) is 0.694. The number of aromatic nitrogens is 3. The first-order valence-corrected chi connectivity index (χ1v) is 5.32. The van der Waals surface area contributed by atoms with Crippen LogP contribution in [0.1, 0.15) is 31.4 Å². The Labute approximate surface area is 85.7 Å². The van der Waals surface area contributed by atoms with E-state index in [2.05, 4.69) is 27.0 Å². The standard InChI is InChI=1S/C10H20N4/c1-4-8-14-9(2)12-13-10(14)6-5-7-11-3/h11H,4-8H2,1-3H3. The van der Waals surface area contributed by atoms with E-state index in [1.807, 2.05) is 14.0 Å². The predicted octanol–water partition coefficient (Wildman–Crippen LogP) is 1.15. The van der Waals surface area contributed by atoms with Crippen LogP contribution in [0, 0.1) is 6.92 Å². The summed E-state index contributed by atoms with van der Waals surface area (Å²) >= 11 is 0. The largest absolute Gasteiger partial charge is 0.320 e. The lowest BCUT2D eigenvalue weighted by Crippen LogP contribution is -2.11. The molecule has 1 aromatic rings. The molecule has 0 fully saturated rings. The molecular formula is C10H20N4. The minimum absolute atomic E-state index is 1.02. The highest BCUT2D eigenvalue weighted by molar-refractivity contribution is 4.94. The van der Waals surface area contributed by atoms with Gasteiger partial charge in [0.15, 0.2) is 0 Å². The Hall–Kier alpha value is -0.900.